The number of ether oxygens (including phenoxy) is 2. The van der Waals surface area contributed by atoms with Crippen LogP contribution in [0.15, 0.2) is 54.9 Å². The predicted molar refractivity (Wildman–Crippen MR) is 145 cm³/mol. The fraction of sp³-hybridized carbons (Fsp3) is 0.250. The van der Waals surface area contributed by atoms with Gasteiger partial charge in [0.05, 0.1) is 24.9 Å². The summed E-state index contributed by atoms with van der Waals surface area (Å²) in [4.78, 5) is 17.4. The average Bonchev–Trinajstić information content (AvgIpc) is 3.33. The Morgan fingerprint density at radius 2 is 1.77 bits per heavy atom. The van der Waals surface area contributed by atoms with E-state index in [0.717, 1.165) is 0 Å². The van der Waals surface area contributed by atoms with Crippen LogP contribution in [0.4, 0.5) is 33.6 Å². The minimum Gasteiger partial charge on any atom is -0.488 e. The van der Waals surface area contributed by atoms with Crippen LogP contribution < -0.4 is 14.8 Å². The molecule has 3 aromatic heterocycles. The van der Waals surface area contributed by atoms with Crippen molar-refractivity contribution in [2.24, 2.45) is 0 Å². The fourth-order valence-electron chi connectivity index (χ4n) is 4.12. The van der Waals surface area contributed by atoms with Crippen molar-refractivity contribution in [3.8, 4) is 23.0 Å². The molecule has 0 saturated carbocycles. The molecule has 0 radical (unpaired) electrons. The molecule has 224 valence electrons. The van der Waals surface area contributed by atoms with Crippen LogP contribution in [0.2, 0.25) is 0 Å². The first-order valence-electron chi connectivity index (χ1n) is 12.9. The summed E-state index contributed by atoms with van der Waals surface area (Å²) in [7, 11) is 0. The van der Waals surface area contributed by atoms with Gasteiger partial charge in [-0.2, -0.15) is 18.3 Å². The van der Waals surface area contributed by atoms with E-state index in [4.69, 9.17) is 9.84 Å². The van der Waals surface area contributed by atoms with Gasteiger partial charge in [-0.1, -0.05) is 18.2 Å². The summed E-state index contributed by atoms with van der Waals surface area (Å²) < 4.78 is 78.8. The second-order valence-corrected chi connectivity index (χ2v) is 9.24. The number of aryl methyl sites for hydroxylation is 1. The second-order valence-electron chi connectivity index (χ2n) is 9.24. The standard InChI is InChI=1S/C28H24F5N7O3/c1-16-34-8-7-24(36-16)37-26-23(42-10-4-9-41)13-35-27(38-26)25-18-5-2-3-6-22(18)40(39-25)14-19-20(29)11-17(12-21(19)30)43-15-28(31,32)33/h2-3,5-8,11-13,41H,4,9-10,14-15H2,1H3,(H,34,35,36,37,38). The van der Waals surface area contributed by atoms with Crippen molar-refractivity contribution < 1.29 is 36.5 Å². The van der Waals surface area contributed by atoms with Crippen LogP contribution in [0, 0.1) is 18.6 Å². The van der Waals surface area contributed by atoms with Gasteiger partial charge in [0.15, 0.2) is 24.0 Å². The number of aliphatic hydroxyl groups is 1. The van der Waals surface area contributed by atoms with Crippen molar-refractivity contribution in [2.75, 3.05) is 25.1 Å². The second kappa shape index (κ2) is 12.5. The Morgan fingerprint density at radius 3 is 2.49 bits per heavy atom. The number of halogens is 5. The van der Waals surface area contributed by atoms with Gasteiger partial charge in [-0.25, -0.2) is 28.7 Å². The molecule has 0 aliphatic carbocycles. The Labute approximate surface area is 241 Å². The summed E-state index contributed by atoms with van der Waals surface area (Å²) in [6, 6.07) is 9.93. The quantitative estimate of drug-likeness (QED) is 0.152. The summed E-state index contributed by atoms with van der Waals surface area (Å²) in [5.74, 6) is -1.11. The number of hydrogen-bond acceptors (Lipinski definition) is 9. The van der Waals surface area contributed by atoms with Crippen LogP contribution in [0.25, 0.3) is 22.4 Å². The number of rotatable bonds is 11. The predicted octanol–water partition coefficient (Wildman–Crippen LogP) is 5.36. The van der Waals surface area contributed by atoms with Crippen molar-refractivity contribution >= 4 is 22.5 Å². The van der Waals surface area contributed by atoms with Crippen LogP contribution >= 0.6 is 0 Å². The zero-order valence-electron chi connectivity index (χ0n) is 22.6. The van der Waals surface area contributed by atoms with Crippen LogP contribution in [0.1, 0.15) is 17.8 Å². The molecule has 43 heavy (non-hydrogen) atoms. The van der Waals surface area contributed by atoms with Crippen LogP contribution in [-0.4, -0.2) is 60.8 Å². The van der Waals surface area contributed by atoms with E-state index >= 15 is 0 Å². The lowest BCUT2D eigenvalue weighted by atomic mass is 10.1. The average molecular weight is 602 g/mol. The number of anilines is 2. The van der Waals surface area contributed by atoms with Gasteiger partial charge in [0.2, 0.25) is 0 Å². The summed E-state index contributed by atoms with van der Waals surface area (Å²) in [6.45, 7) is -0.211. The number of aliphatic hydroxyl groups excluding tert-OH is 1. The molecule has 15 heteroatoms. The highest BCUT2D eigenvalue weighted by molar-refractivity contribution is 5.92. The van der Waals surface area contributed by atoms with Crippen molar-refractivity contribution in [3.63, 3.8) is 0 Å². The number of alkyl halides is 3. The Bertz CT molecular complexity index is 1720. The first kappa shape index (κ1) is 29.6. The Morgan fingerprint density at radius 1 is 1.00 bits per heavy atom. The van der Waals surface area contributed by atoms with Crippen molar-refractivity contribution in [2.45, 2.75) is 26.1 Å². The Kier molecular flexibility index (Phi) is 8.61. The number of hydrogen-bond donors (Lipinski definition) is 2. The van der Waals surface area contributed by atoms with Crippen molar-refractivity contribution in [1.82, 2.24) is 29.7 Å². The van der Waals surface area contributed by atoms with E-state index in [9.17, 15) is 22.0 Å². The minimum absolute atomic E-state index is 0.0687. The normalized spacial score (nSPS) is 11.6. The summed E-state index contributed by atoms with van der Waals surface area (Å²) >= 11 is 0. The summed E-state index contributed by atoms with van der Waals surface area (Å²) in [5.41, 5.74) is 0.376. The Balaban J connectivity index is 1.50. The molecule has 2 N–H and O–H groups in total. The van der Waals surface area contributed by atoms with Gasteiger partial charge < -0.3 is 19.9 Å². The van der Waals surface area contributed by atoms with Crippen LogP contribution in [0.5, 0.6) is 11.5 Å². The van der Waals surface area contributed by atoms with Crippen LogP contribution in [0.3, 0.4) is 0 Å². The van der Waals surface area contributed by atoms with E-state index in [1.165, 1.54) is 10.9 Å². The van der Waals surface area contributed by atoms with E-state index < -0.39 is 35.7 Å². The van der Waals surface area contributed by atoms with Gasteiger partial charge in [-0.05, 0) is 19.1 Å². The maximum absolute atomic E-state index is 14.9. The van der Waals surface area contributed by atoms with Gasteiger partial charge in [0, 0.05) is 42.3 Å². The number of nitrogens with one attached hydrogen (secondary N) is 1. The zero-order valence-corrected chi connectivity index (χ0v) is 22.6. The first-order chi connectivity index (χ1) is 20.6. The van der Waals surface area contributed by atoms with Crippen molar-refractivity contribution in [3.05, 3.63) is 77.9 Å². The number of fused-ring (bicyclic) bond motifs is 1. The third kappa shape index (κ3) is 7.12. The lowest BCUT2D eigenvalue weighted by Crippen LogP contribution is -2.19. The number of para-hydroxylation sites is 1. The van der Waals surface area contributed by atoms with Crippen molar-refractivity contribution in [1.29, 1.82) is 0 Å². The van der Waals surface area contributed by atoms with Gasteiger partial charge >= 0.3 is 6.18 Å². The topological polar surface area (TPSA) is 120 Å². The molecule has 0 aliphatic rings. The first-order valence-corrected chi connectivity index (χ1v) is 12.9. The maximum Gasteiger partial charge on any atom is 0.422 e. The molecule has 5 aromatic rings. The maximum atomic E-state index is 14.9. The molecular weight excluding hydrogens is 577 g/mol. The van der Waals surface area contributed by atoms with E-state index in [2.05, 4.69) is 35.1 Å². The van der Waals surface area contributed by atoms with Gasteiger partial charge in [-0.15, -0.1) is 0 Å². The Hall–Kier alpha value is -4.92. The lowest BCUT2D eigenvalue weighted by molar-refractivity contribution is -0.153. The highest BCUT2D eigenvalue weighted by Crippen LogP contribution is 2.32. The third-order valence-electron chi connectivity index (χ3n) is 6.03. The molecule has 0 aliphatic heterocycles. The zero-order chi connectivity index (χ0) is 30.6. The smallest absolute Gasteiger partial charge is 0.422 e. The fourth-order valence-corrected chi connectivity index (χ4v) is 4.12. The van der Waals surface area contributed by atoms with E-state index in [0.29, 0.717) is 46.8 Å². The van der Waals surface area contributed by atoms with Crippen LogP contribution in [-0.2, 0) is 6.54 Å². The highest BCUT2D eigenvalue weighted by Gasteiger charge is 2.29. The molecule has 5 rings (SSSR count). The monoisotopic (exact) mass is 601 g/mol. The van der Waals surface area contributed by atoms with E-state index in [1.54, 1.807) is 43.5 Å². The molecule has 3 heterocycles. The summed E-state index contributed by atoms with van der Waals surface area (Å²) in [5, 5.41) is 17.3. The molecular formula is C28H24F5N7O3. The molecule has 0 spiro atoms. The molecule has 2 aromatic carbocycles. The molecule has 0 amide bonds. The van der Waals surface area contributed by atoms with E-state index in [1.807, 2.05) is 0 Å². The molecule has 0 bridgehead atoms. The van der Waals surface area contributed by atoms with Gasteiger partial charge in [0.1, 0.15) is 34.7 Å². The number of aromatic nitrogens is 6. The number of nitrogens with zero attached hydrogens (tertiary/aromatic N) is 6. The molecule has 0 unspecified atom stereocenters. The minimum atomic E-state index is -4.66. The molecule has 0 fully saturated rings. The highest BCUT2D eigenvalue weighted by atomic mass is 19.4. The molecule has 0 saturated heterocycles. The van der Waals surface area contributed by atoms with E-state index in [-0.39, 0.29) is 37.2 Å². The number of benzene rings is 2. The molecule has 10 nitrogen and oxygen atoms in total. The summed E-state index contributed by atoms with van der Waals surface area (Å²) in [6.07, 6.45) is -1.28. The lowest BCUT2D eigenvalue weighted by Gasteiger charge is -2.12. The largest absolute Gasteiger partial charge is 0.488 e. The molecule has 0 atom stereocenters. The van der Waals surface area contributed by atoms with Gasteiger partial charge in [0.25, 0.3) is 0 Å². The SMILES string of the molecule is Cc1nccc(Nc2nc(-c3nn(Cc4c(F)cc(OCC(F)(F)F)cc4F)c4ccccc34)ncc2OCCCO)n1. The third-order valence-corrected chi connectivity index (χ3v) is 6.03. The van der Waals surface area contributed by atoms with Gasteiger partial charge in [-0.3, -0.25) is 4.68 Å².